The molecule has 3 heterocycles. The minimum absolute atomic E-state index is 0.00603. The van der Waals surface area contributed by atoms with Gasteiger partial charge in [-0.3, -0.25) is 37.3 Å². The number of ether oxygens (including phenoxy) is 1. The molecule has 0 unspecified atom stereocenters. The molecule has 0 aliphatic rings. The number of azo groups is 4. The fourth-order valence-corrected chi connectivity index (χ4v) is 15.3. The van der Waals surface area contributed by atoms with Crippen LogP contribution in [0.25, 0.3) is 16.7 Å². The van der Waals surface area contributed by atoms with Crippen LogP contribution in [0, 0.1) is 42.2 Å². The molecular formula is C60H59N17O19S8. The van der Waals surface area contributed by atoms with E-state index in [1.807, 2.05) is 0 Å². The van der Waals surface area contributed by atoms with Gasteiger partial charge in [0.2, 0.25) is 17.8 Å². The molecule has 3 aromatic heterocycles. The van der Waals surface area contributed by atoms with Crippen LogP contribution < -0.4 is 15.4 Å². The summed E-state index contributed by atoms with van der Waals surface area (Å²) in [6.07, 6.45) is -0.530. The lowest BCUT2D eigenvalue weighted by Crippen LogP contribution is -2.08. The number of nitro groups is 1. The molecule has 8 N–H and O–H groups in total. The molecule has 0 bridgehead atoms. The van der Waals surface area contributed by atoms with Crippen molar-refractivity contribution in [2.75, 3.05) is 57.5 Å². The Kier molecular flexibility index (Phi) is 25.6. The molecule has 0 aliphatic heterocycles. The second-order valence-corrected chi connectivity index (χ2v) is 33.1. The van der Waals surface area contributed by atoms with E-state index in [-0.39, 0.29) is 157 Å². The average Bonchev–Trinajstić information content (AvgIpc) is 1.59. The second-order valence-electron chi connectivity index (χ2n) is 22.1. The van der Waals surface area contributed by atoms with Gasteiger partial charge in [0.1, 0.15) is 39.3 Å². The number of aromatic nitrogens is 5. The van der Waals surface area contributed by atoms with Crippen LogP contribution >= 0.6 is 35.3 Å². The van der Waals surface area contributed by atoms with Gasteiger partial charge in [0.05, 0.1) is 74.0 Å². The molecule has 0 saturated carbocycles. The molecular weight excluding hydrogens is 1520 g/mol. The van der Waals surface area contributed by atoms with E-state index >= 15 is 0 Å². The summed E-state index contributed by atoms with van der Waals surface area (Å²) in [5, 5.41) is 75.3. The van der Waals surface area contributed by atoms with Gasteiger partial charge in [0.15, 0.2) is 22.2 Å². The van der Waals surface area contributed by atoms with Crippen molar-refractivity contribution in [3.63, 3.8) is 0 Å². The summed E-state index contributed by atoms with van der Waals surface area (Å²) in [5.41, 5.74) is 1.59. The molecule has 9 rings (SSSR count). The lowest BCUT2D eigenvalue weighted by molar-refractivity contribution is -0.384. The molecule has 0 amide bonds. The van der Waals surface area contributed by atoms with Crippen molar-refractivity contribution in [2.45, 2.75) is 66.3 Å². The Morgan fingerprint density at radius 2 is 1.04 bits per heavy atom. The lowest BCUT2D eigenvalue weighted by atomic mass is 10.1. The van der Waals surface area contributed by atoms with Crippen molar-refractivity contribution in [1.29, 1.82) is 5.26 Å². The number of nitrogens with one attached hydrogen (secondary N) is 2. The molecule has 0 atom stereocenters. The van der Waals surface area contributed by atoms with Crippen molar-refractivity contribution in [3.05, 3.63) is 142 Å². The van der Waals surface area contributed by atoms with Crippen molar-refractivity contribution < 1.29 is 79.6 Å². The van der Waals surface area contributed by atoms with Gasteiger partial charge in [0, 0.05) is 33.2 Å². The van der Waals surface area contributed by atoms with Crippen LogP contribution in [-0.4, -0.2) is 146 Å². The Labute approximate surface area is 606 Å². The molecule has 0 spiro atoms. The fraction of sp³-hybridized carbons (Fsp3) is 0.250. The normalized spacial score (nSPS) is 12.6. The third kappa shape index (κ3) is 22.0. The van der Waals surface area contributed by atoms with Crippen LogP contribution in [0.1, 0.15) is 47.9 Å². The summed E-state index contributed by atoms with van der Waals surface area (Å²) < 4.78 is 176. The zero-order valence-corrected chi connectivity index (χ0v) is 60.9. The van der Waals surface area contributed by atoms with E-state index in [0.29, 0.717) is 27.1 Å². The Balaban J connectivity index is 1.21. The van der Waals surface area contributed by atoms with E-state index in [1.54, 1.807) is 38.1 Å². The van der Waals surface area contributed by atoms with Crippen LogP contribution in [0.3, 0.4) is 0 Å². The van der Waals surface area contributed by atoms with Crippen molar-refractivity contribution in [1.82, 2.24) is 24.3 Å². The van der Waals surface area contributed by atoms with Gasteiger partial charge in [-0.25, -0.2) is 4.98 Å². The number of para-hydroxylation sites is 4. The zero-order chi connectivity index (χ0) is 75.3. The largest absolute Gasteiger partial charge is 0.493 e. The quantitative estimate of drug-likeness (QED) is 0.00464. The first-order chi connectivity index (χ1) is 49.1. The predicted molar refractivity (Wildman–Crippen MR) is 387 cm³/mol. The maximum Gasteiger partial charge on any atom is 0.296 e. The monoisotopic (exact) mass is 1580 g/mol. The second kappa shape index (κ2) is 33.9. The smallest absolute Gasteiger partial charge is 0.296 e. The minimum Gasteiger partial charge on any atom is -0.493 e. The number of hydrogen-bond acceptors (Lipinski definition) is 32. The number of imidazole rings is 1. The maximum atomic E-state index is 12.6. The molecule has 0 aliphatic carbocycles. The average molecular weight is 1580 g/mol. The fourth-order valence-electron chi connectivity index (χ4n) is 9.46. The van der Waals surface area contributed by atoms with E-state index < -0.39 is 89.3 Å². The van der Waals surface area contributed by atoms with Crippen molar-refractivity contribution in [2.24, 2.45) is 40.9 Å². The minimum atomic E-state index is -4.88. The van der Waals surface area contributed by atoms with Crippen molar-refractivity contribution >= 4 is 177 Å². The number of nitrogens with zero attached hydrogens (tertiary/aromatic N) is 15. The Bertz CT molecular complexity index is 5590. The van der Waals surface area contributed by atoms with Crippen LogP contribution in [0.4, 0.5) is 74.5 Å². The number of hydrogen-bond donors (Lipinski definition) is 8. The number of nitriles is 1. The number of aryl methyl sites for hydroxylation is 2. The number of benzene rings is 6. The molecule has 546 valence electrons. The molecule has 0 saturated heterocycles. The zero-order valence-electron chi connectivity index (χ0n) is 54.3. The van der Waals surface area contributed by atoms with Gasteiger partial charge in [-0.05, 0) is 130 Å². The number of pyridine rings is 1. The number of fused-ring (bicyclic) bond motifs is 3. The summed E-state index contributed by atoms with van der Waals surface area (Å²) in [6.45, 7) is 4.43. The Morgan fingerprint density at radius 3 is 1.64 bits per heavy atom. The van der Waals surface area contributed by atoms with Gasteiger partial charge in [0.25, 0.3) is 56.3 Å². The van der Waals surface area contributed by atoms with Crippen molar-refractivity contribution in [3.8, 4) is 17.7 Å². The van der Waals surface area contributed by atoms with E-state index in [4.69, 9.17) is 4.74 Å². The number of anilines is 4. The molecule has 104 heavy (non-hydrogen) atoms. The molecule has 36 nitrogen and oxygen atoms in total. The highest BCUT2D eigenvalue weighted by atomic mass is 32.2. The first kappa shape index (κ1) is 78.5. The van der Waals surface area contributed by atoms with Gasteiger partial charge in [-0.1, -0.05) is 48.2 Å². The first-order valence-electron chi connectivity index (χ1n) is 30.2. The third-order valence-corrected chi connectivity index (χ3v) is 21.6. The van der Waals surface area contributed by atoms with Crippen LogP contribution in [-0.2, 0) is 50.6 Å². The van der Waals surface area contributed by atoms with E-state index in [9.17, 15) is 85.3 Å². The van der Waals surface area contributed by atoms with Crippen LogP contribution in [0.5, 0.6) is 11.6 Å². The molecule has 0 fully saturated rings. The van der Waals surface area contributed by atoms with Crippen LogP contribution in [0.2, 0.25) is 0 Å². The highest BCUT2D eigenvalue weighted by Crippen LogP contribution is 2.46. The number of thioether (sulfide) groups is 3. The maximum absolute atomic E-state index is 12.6. The lowest BCUT2D eigenvalue weighted by Gasteiger charge is -2.15. The van der Waals surface area contributed by atoms with E-state index in [2.05, 4.69) is 77.6 Å². The Morgan fingerprint density at radius 1 is 0.548 bits per heavy atom. The predicted octanol–water partition coefficient (Wildman–Crippen LogP) is 14.2. The number of rotatable bonds is 34. The standard InChI is InChI=1S/C60H59N17O19S8/c1-35-28-46(72-75-55-37(3)38(34-61)56-62-39-14-4-7-17-49(39)76(56)57(55)78)51(96-20-10-24-100(81,82)83)31-42(35)69-74-48-30-44(64-59-65-58(63-41-16-6-9-19-54(41)104(93,94)95)66-60(67-59)99-23-13-27-103(90,91)92)45(33-53(48)98-22-12-26-102(87,88)89)71-73-47-29-36(2)43(32-52(47)97-21-11-25-101(84,85)86)70-68-40-15-5-8-18-50(40)77(79)80/h4-9,14-19,28-33,78H,10-13,20-27H2,1-3H3,(H,81,82,83)(H,84,85,86)(H,87,88,89)(H,90,91,92)(H,93,94,95)(H2,63,64,65,66,67). The molecule has 9 aromatic rings. The summed E-state index contributed by atoms with van der Waals surface area (Å²) in [7, 11) is -22.6. The Hall–Kier alpha value is -9.63. The van der Waals surface area contributed by atoms with E-state index in [1.165, 1.54) is 90.2 Å². The van der Waals surface area contributed by atoms with Crippen LogP contribution in [0.15, 0.2) is 170 Å². The van der Waals surface area contributed by atoms with Gasteiger partial charge in [-0.2, -0.15) is 67.4 Å². The highest BCUT2D eigenvalue weighted by molar-refractivity contribution is 8.00. The highest BCUT2D eigenvalue weighted by Gasteiger charge is 2.24. The first-order valence-corrected chi connectivity index (χ1v) is 41.0. The third-order valence-electron chi connectivity index (χ3n) is 14.3. The number of aromatic hydroxyl groups is 1. The van der Waals surface area contributed by atoms with E-state index in [0.717, 1.165) is 41.4 Å². The SMILES string of the molecule is Cc1cc(N=Nc2c(C)c(C#N)c3nc4ccccc4n3c2O)c(OCCCS(=O)(=O)O)cc1N=Nc1cc(Nc2nc(Nc3ccccc3S(=O)(=O)O)nc(SCCCS(=O)(=O)O)n2)c(N=Nc2cc(C)c(N=Nc3ccccc3[N+](=O)[O-])cc2SCCCS(=O)(=O)O)cc1SCCCS(=O)(=O)O. The molecule has 44 heteroatoms. The van der Waals surface area contributed by atoms with Gasteiger partial charge >= 0.3 is 0 Å². The summed E-state index contributed by atoms with van der Waals surface area (Å²) in [4.78, 5) is 29.1. The number of nitro benzene ring substituents is 1. The summed E-state index contributed by atoms with van der Waals surface area (Å²) in [6, 6.07) is 28.4. The topological polar surface area (TPSA) is 547 Å². The molecule has 0 radical (unpaired) electrons. The summed E-state index contributed by atoms with van der Waals surface area (Å²) in [5.74, 6) is -3.80. The summed E-state index contributed by atoms with van der Waals surface area (Å²) >= 11 is 2.96. The van der Waals surface area contributed by atoms with Gasteiger partial charge in [-0.15, -0.1) is 59.3 Å². The van der Waals surface area contributed by atoms with Gasteiger partial charge < -0.3 is 20.5 Å². The molecule has 6 aromatic carbocycles.